The van der Waals surface area contributed by atoms with E-state index >= 15 is 0 Å². The molecule has 0 N–H and O–H groups in total. The standard InChI is InChI=1S/C14H23O2P/c1-13(2,3)16-17(14(4,5)6)15-12-10-8-7-9-11-12/h7-11H,1-6H3. The van der Waals surface area contributed by atoms with Crippen molar-refractivity contribution in [3.05, 3.63) is 30.3 Å². The van der Waals surface area contributed by atoms with E-state index in [9.17, 15) is 0 Å². The maximum Gasteiger partial charge on any atom is 0.236 e. The number of hydrogen-bond acceptors (Lipinski definition) is 2. The quantitative estimate of drug-likeness (QED) is 0.707. The van der Waals surface area contributed by atoms with E-state index in [0.29, 0.717) is 0 Å². The molecule has 0 amide bonds. The van der Waals surface area contributed by atoms with Crippen molar-refractivity contribution in [2.45, 2.75) is 52.3 Å². The predicted octanol–water partition coefficient (Wildman–Crippen LogP) is 4.99. The summed E-state index contributed by atoms with van der Waals surface area (Å²) in [6.45, 7) is 12.6. The van der Waals surface area contributed by atoms with E-state index in [0.717, 1.165) is 5.75 Å². The third kappa shape index (κ3) is 5.52. The summed E-state index contributed by atoms with van der Waals surface area (Å²) in [6, 6.07) is 9.86. The van der Waals surface area contributed by atoms with Crippen molar-refractivity contribution in [3.63, 3.8) is 0 Å². The molecule has 1 aromatic rings. The number of benzene rings is 1. The van der Waals surface area contributed by atoms with Gasteiger partial charge >= 0.3 is 0 Å². The predicted molar refractivity (Wildman–Crippen MR) is 74.6 cm³/mol. The molecule has 3 heteroatoms. The van der Waals surface area contributed by atoms with E-state index in [-0.39, 0.29) is 10.8 Å². The number of para-hydroxylation sites is 1. The first-order valence-corrected chi connectivity index (χ1v) is 7.09. The lowest BCUT2D eigenvalue weighted by atomic mass is 10.2. The molecule has 1 atom stereocenters. The number of rotatable bonds is 3. The van der Waals surface area contributed by atoms with E-state index in [1.54, 1.807) is 0 Å². The fourth-order valence-corrected chi connectivity index (χ4v) is 2.51. The molecule has 0 saturated heterocycles. The topological polar surface area (TPSA) is 18.5 Å². The summed E-state index contributed by atoms with van der Waals surface area (Å²) in [6.07, 6.45) is 0. The SMILES string of the molecule is CC(C)(C)OP(Oc1ccccc1)C(C)(C)C. The Morgan fingerprint density at radius 3 is 1.82 bits per heavy atom. The second-order valence-electron chi connectivity index (χ2n) is 6.04. The summed E-state index contributed by atoms with van der Waals surface area (Å²) in [5.41, 5.74) is -0.187. The molecule has 0 aliphatic carbocycles. The van der Waals surface area contributed by atoms with Gasteiger partial charge in [-0.2, -0.15) is 0 Å². The summed E-state index contributed by atoms with van der Waals surface area (Å²) in [7, 11) is -0.966. The molecule has 0 aromatic heterocycles. The lowest BCUT2D eigenvalue weighted by molar-refractivity contribution is 0.129. The van der Waals surface area contributed by atoms with Gasteiger partial charge in [0.1, 0.15) is 5.75 Å². The summed E-state index contributed by atoms with van der Waals surface area (Å²) in [5, 5.41) is -0.00153. The molecule has 2 nitrogen and oxygen atoms in total. The van der Waals surface area contributed by atoms with Crippen LogP contribution in [0.15, 0.2) is 30.3 Å². The second kappa shape index (κ2) is 5.37. The molecule has 0 spiro atoms. The van der Waals surface area contributed by atoms with Gasteiger partial charge in [-0.25, -0.2) is 0 Å². The second-order valence-corrected chi connectivity index (χ2v) is 8.26. The van der Waals surface area contributed by atoms with Crippen LogP contribution < -0.4 is 4.52 Å². The maximum atomic E-state index is 6.05. The Kier molecular flexibility index (Phi) is 4.57. The zero-order chi connectivity index (χ0) is 13.1. The van der Waals surface area contributed by atoms with Crippen LogP contribution in [0.4, 0.5) is 0 Å². The summed E-state index contributed by atoms with van der Waals surface area (Å²) < 4.78 is 12.0. The monoisotopic (exact) mass is 254 g/mol. The summed E-state index contributed by atoms with van der Waals surface area (Å²) >= 11 is 0. The molecule has 0 saturated carbocycles. The Hall–Kier alpha value is -0.590. The number of hydrogen-bond donors (Lipinski definition) is 0. The van der Waals surface area contributed by atoms with E-state index in [4.69, 9.17) is 9.05 Å². The zero-order valence-electron chi connectivity index (χ0n) is 11.7. The normalized spacial score (nSPS) is 14.5. The van der Waals surface area contributed by atoms with Crippen molar-refractivity contribution in [1.82, 2.24) is 0 Å². The van der Waals surface area contributed by atoms with Gasteiger partial charge in [-0.1, -0.05) is 39.0 Å². The van der Waals surface area contributed by atoms with Gasteiger partial charge < -0.3 is 9.05 Å². The smallest absolute Gasteiger partial charge is 0.236 e. The maximum absolute atomic E-state index is 6.05. The third-order valence-corrected chi connectivity index (χ3v) is 4.02. The highest BCUT2D eigenvalue weighted by Gasteiger charge is 2.33. The first-order chi connectivity index (χ1) is 7.68. The molecule has 1 aromatic carbocycles. The Balaban J connectivity index is 2.79. The highest BCUT2D eigenvalue weighted by atomic mass is 31.2. The van der Waals surface area contributed by atoms with Crippen molar-refractivity contribution < 1.29 is 9.05 Å². The van der Waals surface area contributed by atoms with Gasteiger partial charge in [0.2, 0.25) is 8.38 Å². The van der Waals surface area contributed by atoms with Crippen LogP contribution in [0, 0.1) is 0 Å². The van der Waals surface area contributed by atoms with Crippen LogP contribution in [0.3, 0.4) is 0 Å². The first kappa shape index (κ1) is 14.5. The molecule has 0 aliphatic heterocycles. The van der Waals surface area contributed by atoms with Crippen LogP contribution in [-0.4, -0.2) is 10.8 Å². The van der Waals surface area contributed by atoms with Gasteiger partial charge in [0.15, 0.2) is 0 Å². The van der Waals surface area contributed by atoms with Gasteiger partial charge in [0.25, 0.3) is 0 Å². The average Bonchev–Trinajstić information content (AvgIpc) is 2.15. The van der Waals surface area contributed by atoms with Gasteiger partial charge in [-0.3, -0.25) is 0 Å². The molecule has 1 rings (SSSR count). The Bertz CT molecular complexity index is 335. The molecule has 1 unspecified atom stereocenters. The minimum Gasteiger partial charge on any atom is -0.447 e. The molecular formula is C14H23O2P. The van der Waals surface area contributed by atoms with Crippen molar-refractivity contribution in [1.29, 1.82) is 0 Å². The Morgan fingerprint density at radius 2 is 1.41 bits per heavy atom. The van der Waals surface area contributed by atoms with Crippen LogP contribution in [0.2, 0.25) is 0 Å². The lowest BCUT2D eigenvalue weighted by Crippen LogP contribution is -2.25. The van der Waals surface area contributed by atoms with Crippen LogP contribution in [0.1, 0.15) is 41.5 Å². The van der Waals surface area contributed by atoms with Crippen LogP contribution in [0.5, 0.6) is 5.75 Å². The Morgan fingerprint density at radius 1 is 0.882 bits per heavy atom. The van der Waals surface area contributed by atoms with E-state index in [2.05, 4.69) is 41.5 Å². The van der Waals surface area contributed by atoms with Gasteiger partial charge in [0.05, 0.1) is 5.60 Å². The molecule has 0 heterocycles. The fourth-order valence-electron chi connectivity index (χ4n) is 1.12. The molecule has 17 heavy (non-hydrogen) atoms. The van der Waals surface area contributed by atoms with Crippen molar-refractivity contribution in [3.8, 4) is 5.75 Å². The summed E-state index contributed by atoms with van der Waals surface area (Å²) in [5.74, 6) is 0.873. The van der Waals surface area contributed by atoms with Crippen LogP contribution in [-0.2, 0) is 4.52 Å². The Labute approximate surface area is 106 Å². The molecule has 0 fully saturated rings. The average molecular weight is 254 g/mol. The van der Waals surface area contributed by atoms with E-state index in [1.807, 2.05) is 30.3 Å². The first-order valence-electron chi connectivity index (χ1n) is 5.91. The summed E-state index contributed by atoms with van der Waals surface area (Å²) in [4.78, 5) is 0. The van der Waals surface area contributed by atoms with Gasteiger partial charge in [0, 0.05) is 5.16 Å². The van der Waals surface area contributed by atoms with E-state index in [1.165, 1.54) is 0 Å². The fraction of sp³-hybridized carbons (Fsp3) is 0.571. The largest absolute Gasteiger partial charge is 0.447 e. The van der Waals surface area contributed by atoms with Crippen molar-refractivity contribution in [2.24, 2.45) is 0 Å². The van der Waals surface area contributed by atoms with Crippen molar-refractivity contribution >= 4 is 8.38 Å². The van der Waals surface area contributed by atoms with Crippen molar-refractivity contribution in [2.75, 3.05) is 0 Å². The third-order valence-electron chi connectivity index (χ3n) is 1.84. The minimum atomic E-state index is -0.966. The van der Waals surface area contributed by atoms with Gasteiger partial charge in [-0.05, 0) is 32.9 Å². The van der Waals surface area contributed by atoms with Gasteiger partial charge in [-0.15, -0.1) is 0 Å². The molecule has 0 aliphatic rings. The minimum absolute atomic E-state index is 0.00153. The van der Waals surface area contributed by atoms with Crippen LogP contribution in [0.25, 0.3) is 0 Å². The highest BCUT2D eigenvalue weighted by molar-refractivity contribution is 7.49. The van der Waals surface area contributed by atoms with Crippen LogP contribution >= 0.6 is 8.38 Å². The lowest BCUT2D eigenvalue weighted by Gasteiger charge is -2.34. The van der Waals surface area contributed by atoms with E-state index < -0.39 is 8.38 Å². The molecule has 0 radical (unpaired) electrons. The molecular weight excluding hydrogens is 231 g/mol. The molecule has 0 bridgehead atoms. The molecule has 96 valence electrons. The highest BCUT2D eigenvalue weighted by Crippen LogP contribution is 2.53. The zero-order valence-corrected chi connectivity index (χ0v) is 12.5.